The molecule has 23 heavy (non-hydrogen) atoms. The lowest BCUT2D eigenvalue weighted by Gasteiger charge is -2.24. The highest BCUT2D eigenvalue weighted by atomic mass is 35.5. The molecule has 1 aromatic carbocycles. The van der Waals surface area contributed by atoms with Crippen LogP contribution in [-0.2, 0) is 11.8 Å². The molecule has 7 heteroatoms. The summed E-state index contributed by atoms with van der Waals surface area (Å²) in [6, 6.07) is 5.23. The molecule has 2 atom stereocenters. The summed E-state index contributed by atoms with van der Waals surface area (Å²) in [5, 5.41) is 8.69. The van der Waals surface area contributed by atoms with Gasteiger partial charge in [0.2, 0.25) is 0 Å². The lowest BCUT2D eigenvalue weighted by Crippen LogP contribution is -2.33. The van der Waals surface area contributed by atoms with Crippen molar-refractivity contribution in [2.45, 2.75) is 25.5 Å². The molecular weight excluding hydrogens is 316 g/mol. The zero-order chi connectivity index (χ0) is 16.6. The Balaban J connectivity index is 1.97. The second-order valence-electron chi connectivity index (χ2n) is 5.78. The first-order chi connectivity index (χ1) is 11.0. The van der Waals surface area contributed by atoms with Gasteiger partial charge in [0.25, 0.3) is 5.91 Å². The van der Waals surface area contributed by atoms with Crippen LogP contribution in [-0.4, -0.2) is 45.3 Å². The topological polar surface area (TPSA) is 60.3 Å². The molecule has 6 nitrogen and oxygen atoms in total. The number of likely N-dealkylation sites (tertiary alicyclic amines) is 1. The third-order valence-electron chi connectivity index (χ3n) is 4.40. The fourth-order valence-electron chi connectivity index (χ4n) is 3.03. The minimum atomic E-state index is -0.154. The van der Waals surface area contributed by atoms with Crippen molar-refractivity contribution in [1.29, 1.82) is 0 Å². The van der Waals surface area contributed by atoms with Gasteiger partial charge in [0.05, 0.1) is 12.1 Å². The molecule has 0 radical (unpaired) electrons. The average Bonchev–Trinajstić information content (AvgIpc) is 3.15. The Hall–Kier alpha value is -1.92. The molecule has 0 spiro atoms. The summed E-state index contributed by atoms with van der Waals surface area (Å²) in [4.78, 5) is 14.9. The molecule has 1 amide bonds. The zero-order valence-electron chi connectivity index (χ0n) is 13.4. The predicted octanol–water partition coefficient (Wildman–Crippen LogP) is 2.38. The Bertz CT molecular complexity index is 731. The lowest BCUT2D eigenvalue weighted by molar-refractivity contribution is 0.0682. The second kappa shape index (κ2) is 6.29. The number of halogens is 1. The van der Waals surface area contributed by atoms with Crippen LogP contribution in [0, 0.1) is 6.92 Å². The van der Waals surface area contributed by atoms with Gasteiger partial charge in [-0.3, -0.25) is 4.79 Å². The van der Waals surface area contributed by atoms with Crippen LogP contribution in [0.15, 0.2) is 24.5 Å². The van der Waals surface area contributed by atoms with E-state index in [1.807, 2.05) is 18.5 Å². The molecule has 0 aliphatic carbocycles. The zero-order valence-corrected chi connectivity index (χ0v) is 14.1. The number of aryl methyl sites for hydroxylation is 1. The quantitative estimate of drug-likeness (QED) is 0.864. The number of amides is 1. The molecule has 3 rings (SSSR count). The minimum absolute atomic E-state index is 0.0138. The largest absolute Gasteiger partial charge is 0.380 e. The van der Waals surface area contributed by atoms with Crippen molar-refractivity contribution in [3.63, 3.8) is 0 Å². The number of aromatic nitrogens is 3. The average molecular weight is 335 g/mol. The van der Waals surface area contributed by atoms with Gasteiger partial charge in [0.1, 0.15) is 6.33 Å². The summed E-state index contributed by atoms with van der Waals surface area (Å²) in [5.74, 6) is 0.704. The van der Waals surface area contributed by atoms with E-state index in [1.54, 1.807) is 36.5 Å². The maximum atomic E-state index is 13.1. The third kappa shape index (κ3) is 2.84. The Morgan fingerprint density at radius 1 is 1.43 bits per heavy atom. The molecule has 1 aliphatic rings. The van der Waals surface area contributed by atoms with Crippen LogP contribution in [0.25, 0.3) is 0 Å². The van der Waals surface area contributed by atoms with E-state index in [4.69, 9.17) is 16.3 Å². The van der Waals surface area contributed by atoms with Gasteiger partial charge < -0.3 is 14.2 Å². The number of carbonyl (C=O) groups excluding carboxylic acids is 1. The Labute approximate surface area is 140 Å². The Morgan fingerprint density at radius 3 is 2.87 bits per heavy atom. The number of ether oxygens (including phenoxy) is 1. The van der Waals surface area contributed by atoms with E-state index in [0.29, 0.717) is 23.6 Å². The highest BCUT2D eigenvalue weighted by Gasteiger charge is 2.39. The minimum Gasteiger partial charge on any atom is -0.380 e. The van der Waals surface area contributed by atoms with Crippen molar-refractivity contribution in [1.82, 2.24) is 19.7 Å². The van der Waals surface area contributed by atoms with E-state index in [1.165, 1.54) is 0 Å². The van der Waals surface area contributed by atoms with Crippen LogP contribution in [0.2, 0.25) is 5.02 Å². The smallest absolute Gasteiger partial charge is 0.254 e. The SMILES string of the molecule is CO[C@@H]1C[C@@H](c2nncn2C)N(C(=O)c2cccc(Cl)c2C)C1. The van der Waals surface area contributed by atoms with Crippen molar-refractivity contribution >= 4 is 17.5 Å². The van der Waals surface area contributed by atoms with Crippen molar-refractivity contribution in [2.24, 2.45) is 7.05 Å². The molecule has 122 valence electrons. The van der Waals surface area contributed by atoms with Crippen LogP contribution in [0.4, 0.5) is 0 Å². The monoisotopic (exact) mass is 334 g/mol. The fourth-order valence-corrected chi connectivity index (χ4v) is 3.20. The number of methoxy groups -OCH3 is 1. The molecule has 2 heterocycles. The van der Waals surface area contributed by atoms with Crippen molar-refractivity contribution < 1.29 is 9.53 Å². The van der Waals surface area contributed by atoms with Gasteiger partial charge in [-0.25, -0.2) is 0 Å². The fraction of sp³-hybridized carbons (Fsp3) is 0.438. The summed E-state index contributed by atoms with van der Waals surface area (Å²) in [7, 11) is 3.54. The number of nitrogens with zero attached hydrogens (tertiary/aromatic N) is 4. The molecule has 2 aromatic rings. The summed E-state index contributed by atoms with van der Waals surface area (Å²) in [6.45, 7) is 2.38. The van der Waals surface area contributed by atoms with E-state index in [9.17, 15) is 4.79 Å². The van der Waals surface area contributed by atoms with E-state index >= 15 is 0 Å². The van der Waals surface area contributed by atoms with Gasteiger partial charge in [-0.05, 0) is 24.6 Å². The Kier molecular flexibility index (Phi) is 4.37. The van der Waals surface area contributed by atoms with Crippen LogP contribution >= 0.6 is 11.6 Å². The van der Waals surface area contributed by atoms with Crippen LogP contribution in [0.5, 0.6) is 0 Å². The number of benzene rings is 1. The maximum Gasteiger partial charge on any atom is 0.254 e. The predicted molar refractivity (Wildman–Crippen MR) is 86.4 cm³/mol. The van der Waals surface area contributed by atoms with E-state index in [0.717, 1.165) is 11.4 Å². The van der Waals surface area contributed by atoms with Crippen LogP contribution < -0.4 is 0 Å². The van der Waals surface area contributed by atoms with Crippen molar-refractivity contribution in [2.75, 3.05) is 13.7 Å². The van der Waals surface area contributed by atoms with Crippen LogP contribution in [0.1, 0.15) is 34.2 Å². The van der Waals surface area contributed by atoms with E-state index < -0.39 is 0 Å². The maximum absolute atomic E-state index is 13.1. The molecule has 1 aromatic heterocycles. The molecule has 1 saturated heterocycles. The van der Waals surface area contributed by atoms with Gasteiger partial charge in [-0.1, -0.05) is 17.7 Å². The molecule has 0 N–H and O–H groups in total. The van der Waals surface area contributed by atoms with Gasteiger partial charge >= 0.3 is 0 Å². The summed E-state index contributed by atoms with van der Waals surface area (Å²) >= 11 is 6.16. The molecular formula is C16H19ClN4O2. The van der Waals surface area contributed by atoms with Gasteiger partial charge in [0, 0.05) is 37.7 Å². The summed E-state index contributed by atoms with van der Waals surface area (Å²) in [5.41, 5.74) is 1.40. The number of carbonyl (C=O) groups is 1. The van der Waals surface area contributed by atoms with Gasteiger partial charge in [-0.15, -0.1) is 10.2 Å². The summed E-state index contributed by atoms with van der Waals surface area (Å²) in [6.07, 6.45) is 2.33. The molecule has 1 fully saturated rings. The van der Waals surface area contributed by atoms with E-state index in [2.05, 4.69) is 10.2 Å². The molecule has 1 aliphatic heterocycles. The van der Waals surface area contributed by atoms with Crippen molar-refractivity contribution in [3.05, 3.63) is 46.5 Å². The number of hydrogen-bond donors (Lipinski definition) is 0. The van der Waals surface area contributed by atoms with Crippen LogP contribution in [0.3, 0.4) is 0 Å². The molecule has 0 saturated carbocycles. The highest BCUT2D eigenvalue weighted by molar-refractivity contribution is 6.31. The van der Waals surface area contributed by atoms with Gasteiger partial charge in [0.15, 0.2) is 5.82 Å². The van der Waals surface area contributed by atoms with Crippen molar-refractivity contribution in [3.8, 4) is 0 Å². The normalized spacial score (nSPS) is 21.0. The summed E-state index contributed by atoms with van der Waals surface area (Å²) < 4.78 is 7.31. The third-order valence-corrected chi connectivity index (χ3v) is 4.81. The second-order valence-corrected chi connectivity index (χ2v) is 6.19. The Morgan fingerprint density at radius 2 is 2.22 bits per heavy atom. The lowest BCUT2D eigenvalue weighted by atomic mass is 10.1. The number of rotatable bonds is 3. The first-order valence-electron chi connectivity index (χ1n) is 7.45. The van der Waals surface area contributed by atoms with Gasteiger partial charge in [-0.2, -0.15) is 0 Å². The molecule has 0 bridgehead atoms. The highest BCUT2D eigenvalue weighted by Crippen LogP contribution is 2.34. The standard InChI is InChI=1S/C16H19ClN4O2/c1-10-12(5-4-6-13(10)17)16(22)21-8-11(23-3)7-14(21)15-19-18-9-20(15)2/h4-6,9,11,14H,7-8H2,1-3H3/t11-,14+/m1/s1. The first kappa shape index (κ1) is 16.0. The molecule has 0 unspecified atom stereocenters. The first-order valence-corrected chi connectivity index (χ1v) is 7.83. The van der Waals surface area contributed by atoms with E-state index in [-0.39, 0.29) is 18.1 Å². The number of hydrogen-bond acceptors (Lipinski definition) is 4.